The van der Waals surface area contributed by atoms with Gasteiger partial charge in [-0.3, -0.25) is 4.57 Å². The average molecular weight is 567 g/mol. The molecule has 40 heavy (non-hydrogen) atoms. The van der Waals surface area contributed by atoms with E-state index < -0.39 is 41.2 Å². The van der Waals surface area contributed by atoms with Gasteiger partial charge in [-0.05, 0) is 11.1 Å². The maximum absolute atomic E-state index is 12.0. The summed E-state index contributed by atoms with van der Waals surface area (Å²) in [6, 6.07) is 20.0. The molecule has 210 valence electrons. The zero-order chi connectivity index (χ0) is 28.3. The lowest BCUT2D eigenvalue weighted by Crippen LogP contribution is -2.33. The van der Waals surface area contributed by atoms with E-state index in [0.29, 0.717) is 17.9 Å². The molecule has 4 aromatic rings. The number of sulfonamides is 1. The minimum Gasteiger partial charge on any atom is -0.394 e. The molecule has 0 amide bonds. The Morgan fingerprint density at radius 3 is 2.25 bits per heavy atom. The van der Waals surface area contributed by atoms with Crippen LogP contribution in [0.15, 0.2) is 79.0 Å². The average Bonchev–Trinajstić information content (AvgIpc) is 3.53. The van der Waals surface area contributed by atoms with E-state index in [1.165, 1.54) is 10.9 Å². The van der Waals surface area contributed by atoms with Gasteiger partial charge in [0.25, 0.3) is 0 Å². The van der Waals surface area contributed by atoms with Crippen molar-refractivity contribution in [3.63, 3.8) is 0 Å². The Morgan fingerprint density at radius 1 is 1.02 bits per heavy atom. The summed E-state index contributed by atoms with van der Waals surface area (Å²) in [5, 5.41) is 34.5. The van der Waals surface area contributed by atoms with Crippen LogP contribution >= 0.6 is 0 Å². The van der Waals surface area contributed by atoms with Crippen molar-refractivity contribution in [3.8, 4) is 0 Å². The van der Waals surface area contributed by atoms with Crippen LogP contribution < -0.4 is 10.0 Å². The zero-order valence-corrected chi connectivity index (χ0v) is 22.2. The van der Waals surface area contributed by atoms with Gasteiger partial charge in [-0.15, -0.1) is 0 Å². The molecule has 0 aliphatic carbocycles. The van der Waals surface area contributed by atoms with Gasteiger partial charge in [-0.2, -0.15) is 0 Å². The molecular formula is C27H30N6O6S. The zero-order valence-electron chi connectivity index (χ0n) is 21.4. The number of aliphatic hydroxyl groups excluding tert-OH is 3. The van der Waals surface area contributed by atoms with E-state index in [9.17, 15) is 23.7 Å². The highest BCUT2D eigenvalue weighted by atomic mass is 32.2. The van der Waals surface area contributed by atoms with Gasteiger partial charge in [0, 0.05) is 17.9 Å². The van der Waals surface area contributed by atoms with Crippen molar-refractivity contribution in [1.82, 2.24) is 24.2 Å². The van der Waals surface area contributed by atoms with Crippen molar-refractivity contribution < 1.29 is 28.5 Å². The predicted molar refractivity (Wildman–Crippen MR) is 148 cm³/mol. The largest absolute Gasteiger partial charge is 0.394 e. The van der Waals surface area contributed by atoms with Crippen molar-refractivity contribution in [3.05, 3.63) is 95.9 Å². The van der Waals surface area contributed by atoms with Crippen LogP contribution in [-0.4, -0.2) is 74.7 Å². The number of ether oxygens (including phenoxy) is 1. The van der Waals surface area contributed by atoms with Crippen molar-refractivity contribution >= 4 is 27.0 Å². The van der Waals surface area contributed by atoms with Crippen LogP contribution in [0, 0.1) is 0 Å². The molecule has 3 heterocycles. The smallest absolute Gasteiger partial charge is 0.233 e. The molecule has 5 rings (SSSR count). The summed E-state index contributed by atoms with van der Waals surface area (Å²) in [6.45, 7) is 3.01. The van der Waals surface area contributed by atoms with E-state index in [1.54, 1.807) is 0 Å². The molecule has 4 atom stereocenters. The van der Waals surface area contributed by atoms with E-state index in [0.717, 1.165) is 16.5 Å². The third kappa shape index (κ3) is 5.75. The molecule has 0 radical (unpaired) electrons. The third-order valence-corrected chi connectivity index (χ3v) is 7.77. The molecule has 0 bridgehead atoms. The Bertz CT molecular complexity index is 1530. The summed E-state index contributed by atoms with van der Waals surface area (Å²) in [7, 11) is -3.76. The second-order valence-electron chi connectivity index (χ2n) is 9.33. The molecule has 12 nitrogen and oxygen atoms in total. The number of anilines is 1. The highest BCUT2D eigenvalue weighted by Crippen LogP contribution is 2.33. The molecule has 0 spiro atoms. The quantitative estimate of drug-likeness (QED) is 0.178. The molecule has 1 saturated heterocycles. The molecule has 0 saturated carbocycles. The van der Waals surface area contributed by atoms with Crippen LogP contribution in [0.2, 0.25) is 0 Å². The number of fused-ring (bicyclic) bond motifs is 1. The highest BCUT2D eigenvalue weighted by molar-refractivity contribution is 7.92. The van der Waals surface area contributed by atoms with E-state index in [4.69, 9.17) is 4.74 Å². The van der Waals surface area contributed by atoms with Crippen LogP contribution in [0.25, 0.3) is 11.2 Å². The number of benzene rings is 2. The molecule has 4 unspecified atom stereocenters. The first-order valence-electron chi connectivity index (χ1n) is 12.6. The molecule has 2 aromatic heterocycles. The third-order valence-electron chi connectivity index (χ3n) is 6.79. The topological polar surface area (TPSA) is 172 Å². The van der Waals surface area contributed by atoms with Gasteiger partial charge < -0.3 is 25.4 Å². The fourth-order valence-corrected chi connectivity index (χ4v) is 5.13. The van der Waals surface area contributed by atoms with Crippen LogP contribution in [-0.2, 0) is 21.3 Å². The fourth-order valence-electron chi connectivity index (χ4n) is 4.68. The van der Waals surface area contributed by atoms with Gasteiger partial charge in [-0.1, -0.05) is 67.2 Å². The molecule has 13 heteroatoms. The Morgan fingerprint density at radius 2 is 1.68 bits per heavy atom. The van der Waals surface area contributed by atoms with Gasteiger partial charge in [0.1, 0.15) is 24.1 Å². The number of hydrogen-bond acceptors (Lipinski definition) is 10. The highest BCUT2D eigenvalue weighted by Gasteiger charge is 2.44. The van der Waals surface area contributed by atoms with Crippen molar-refractivity contribution in [2.24, 2.45) is 0 Å². The molecule has 1 aliphatic heterocycles. The Balaban J connectivity index is 1.53. The summed E-state index contributed by atoms with van der Waals surface area (Å²) in [5.74, 6) is 0.433. The van der Waals surface area contributed by atoms with Crippen LogP contribution in [0.5, 0.6) is 0 Å². The van der Waals surface area contributed by atoms with E-state index in [-0.39, 0.29) is 23.9 Å². The predicted octanol–water partition coefficient (Wildman–Crippen LogP) is 1.24. The first kappa shape index (κ1) is 27.8. The lowest BCUT2D eigenvalue weighted by atomic mass is 9.91. The Kier molecular flexibility index (Phi) is 8.21. The summed E-state index contributed by atoms with van der Waals surface area (Å²) < 4.78 is 33.5. The number of nitrogens with zero attached hydrogens (tertiary/aromatic N) is 4. The summed E-state index contributed by atoms with van der Waals surface area (Å²) in [4.78, 5) is 13.5. The Labute approximate surface area is 231 Å². The SMILES string of the molecule is C=CS(=O)(=O)NCc1nc(NCC(c2ccccc2)c2ccccc2)c2ncn(C3OC(CO)C(O)C3O)c2n1. The van der Waals surface area contributed by atoms with E-state index in [1.807, 2.05) is 60.7 Å². The minimum absolute atomic E-state index is 0.0438. The lowest BCUT2D eigenvalue weighted by Gasteiger charge is -2.20. The molecule has 1 fully saturated rings. The van der Waals surface area contributed by atoms with Gasteiger partial charge in [0.05, 0.1) is 19.5 Å². The summed E-state index contributed by atoms with van der Waals surface area (Å²) >= 11 is 0. The monoisotopic (exact) mass is 566 g/mol. The second kappa shape index (κ2) is 11.8. The Hall–Kier alpha value is -3.72. The number of aromatic nitrogens is 4. The number of aliphatic hydroxyl groups is 3. The molecule has 2 aromatic carbocycles. The van der Waals surface area contributed by atoms with Crippen molar-refractivity contribution in [1.29, 1.82) is 0 Å². The maximum Gasteiger partial charge on any atom is 0.233 e. The first-order valence-corrected chi connectivity index (χ1v) is 14.2. The van der Waals surface area contributed by atoms with Crippen LogP contribution in [0.1, 0.15) is 29.1 Å². The molecule has 1 aliphatic rings. The van der Waals surface area contributed by atoms with Gasteiger partial charge in [0.15, 0.2) is 23.2 Å². The van der Waals surface area contributed by atoms with Gasteiger partial charge in [-0.25, -0.2) is 28.1 Å². The van der Waals surface area contributed by atoms with Crippen LogP contribution in [0.3, 0.4) is 0 Å². The second-order valence-corrected chi connectivity index (χ2v) is 11.0. The number of nitrogens with one attached hydrogen (secondary N) is 2. The minimum atomic E-state index is -3.76. The van der Waals surface area contributed by atoms with E-state index in [2.05, 4.69) is 31.6 Å². The van der Waals surface area contributed by atoms with Gasteiger partial charge in [0.2, 0.25) is 10.0 Å². The standard InChI is InChI=1S/C27H30N6O6S/c1-2-40(37,38)30-14-21-31-25(28-13-19(17-9-5-3-6-10-17)18-11-7-4-8-12-18)22-26(32-21)33(16-29-22)27-24(36)23(35)20(15-34)39-27/h2-12,16,19-20,23-24,27,30,34-36H,1,13-15H2,(H,28,31,32). The normalized spacial score (nSPS) is 21.2. The molecular weight excluding hydrogens is 536 g/mol. The molecule has 5 N–H and O–H groups in total. The van der Waals surface area contributed by atoms with Crippen molar-refractivity contribution in [2.75, 3.05) is 18.5 Å². The number of hydrogen-bond donors (Lipinski definition) is 5. The maximum atomic E-state index is 12.0. The van der Waals surface area contributed by atoms with Gasteiger partial charge >= 0.3 is 0 Å². The summed E-state index contributed by atoms with van der Waals surface area (Å²) in [5.41, 5.74) is 2.77. The van der Waals surface area contributed by atoms with Crippen molar-refractivity contribution in [2.45, 2.75) is 37.0 Å². The lowest BCUT2D eigenvalue weighted by molar-refractivity contribution is -0.0511. The van der Waals surface area contributed by atoms with E-state index >= 15 is 0 Å². The number of rotatable bonds is 11. The fraction of sp³-hybridized carbons (Fsp3) is 0.296. The van der Waals surface area contributed by atoms with Crippen LogP contribution in [0.4, 0.5) is 5.82 Å². The number of imidazole rings is 1. The summed E-state index contributed by atoms with van der Waals surface area (Å²) in [6.07, 6.45) is -3.35. The first-order chi connectivity index (χ1) is 19.3.